The second-order valence-corrected chi connectivity index (χ2v) is 7.28. The molecule has 25 heavy (non-hydrogen) atoms. The van der Waals surface area contributed by atoms with E-state index >= 15 is 0 Å². The van der Waals surface area contributed by atoms with E-state index in [9.17, 15) is 28.6 Å². The maximum absolute atomic E-state index is 13.2. The van der Waals surface area contributed by atoms with E-state index in [1.165, 1.54) is 6.07 Å². The summed E-state index contributed by atoms with van der Waals surface area (Å²) in [6.45, 7) is 0. The smallest absolute Gasteiger partial charge is 0.324 e. The molecule has 0 amide bonds. The molecule has 3 rings (SSSR count). The lowest BCUT2D eigenvalue weighted by Gasteiger charge is -2.32. The number of rotatable bonds is 5. The standard InChI is InChI=1S/C15H15F2NO5S.ClH/c16-7-2-1-5(3-8(7)17)24-4-6-12(19)9-10(13(20)21)11(9)15(6,18)14(22)23;/h1-3,6,9-12,19H,4,18H2,(H,20,21)(H,22,23);1H. The van der Waals surface area contributed by atoms with Gasteiger partial charge in [0.25, 0.3) is 0 Å². The first-order valence-electron chi connectivity index (χ1n) is 7.20. The molecule has 0 aromatic heterocycles. The molecule has 6 unspecified atom stereocenters. The zero-order chi connectivity index (χ0) is 17.8. The first-order chi connectivity index (χ1) is 11.2. The molecule has 2 saturated carbocycles. The third-order valence-electron chi connectivity index (χ3n) is 5.02. The number of thioether (sulfide) groups is 1. The zero-order valence-corrected chi connectivity index (χ0v) is 14.3. The molecule has 0 spiro atoms. The summed E-state index contributed by atoms with van der Waals surface area (Å²) in [7, 11) is 0. The van der Waals surface area contributed by atoms with Gasteiger partial charge in [-0.25, -0.2) is 8.78 Å². The SMILES string of the molecule is Cl.NC1(C(=O)O)C(CSc2ccc(F)c(F)c2)C(O)C2C(C(=O)O)C21. The number of aliphatic hydroxyl groups excluding tert-OH is 1. The van der Waals surface area contributed by atoms with E-state index in [0.717, 1.165) is 23.9 Å². The van der Waals surface area contributed by atoms with Crippen LogP contribution in [0.3, 0.4) is 0 Å². The van der Waals surface area contributed by atoms with Crippen LogP contribution in [0.2, 0.25) is 0 Å². The van der Waals surface area contributed by atoms with Crippen LogP contribution in [0, 0.1) is 35.3 Å². The normalized spacial score (nSPS) is 35.6. The third kappa shape index (κ3) is 2.99. The van der Waals surface area contributed by atoms with Crippen LogP contribution in [-0.4, -0.2) is 44.7 Å². The summed E-state index contributed by atoms with van der Waals surface area (Å²) in [6.07, 6.45) is -1.17. The van der Waals surface area contributed by atoms with Gasteiger partial charge in [0, 0.05) is 28.4 Å². The predicted molar refractivity (Wildman–Crippen MR) is 86.5 cm³/mol. The second-order valence-electron chi connectivity index (χ2n) is 6.19. The summed E-state index contributed by atoms with van der Waals surface area (Å²) < 4.78 is 26.2. The number of carboxylic acid groups (broad SMARTS) is 2. The van der Waals surface area contributed by atoms with Crippen LogP contribution in [0.25, 0.3) is 0 Å². The number of halogens is 3. The lowest BCUT2D eigenvalue weighted by molar-refractivity contribution is -0.148. The maximum Gasteiger partial charge on any atom is 0.324 e. The van der Waals surface area contributed by atoms with Crippen molar-refractivity contribution in [2.24, 2.45) is 29.4 Å². The van der Waals surface area contributed by atoms with Crippen molar-refractivity contribution in [1.82, 2.24) is 0 Å². The lowest BCUT2D eigenvalue weighted by Crippen LogP contribution is -2.58. The van der Waals surface area contributed by atoms with E-state index < -0.39 is 58.9 Å². The summed E-state index contributed by atoms with van der Waals surface area (Å²) in [5.41, 5.74) is 4.14. The van der Waals surface area contributed by atoms with Crippen LogP contribution >= 0.6 is 24.2 Å². The molecule has 0 bridgehead atoms. The molecule has 1 aromatic rings. The van der Waals surface area contributed by atoms with Crippen LogP contribution in [0.15, 0.2) is 23.1 Å². The zero-order valence-electron chi connectivity index (χ0n) is 12.6. The Bertz CT molecular complexity index is 723. The van der Waals surface area contributed by atoms with Gasteiger partial charge in [0.1, 0.15) is 5.54 Å². The van der Waals surface area contributed by atoms with E-state index in [1.807, 2.05) is 0 Å². The molecule has 2 aliphatic carbocycles. The number of aliphatic carboxylic acids is 2. The minimum Gasteiger partial charge on any atom is -0.481 e. The number of fused-ring (bicyclic) bond motifs is 1. The number of carboxylic acids is 2. The maximum atomic E-state index is 13.2. The van der Waals surface area contributed by atoms with Gasteiger partial charge in [-0.2, -0.15) is 0 Å². The minimum atomic E-state index is -1.86. The van der Waals surface area contributed by atoms with Gasteiger partial charge in [0.15, 0.2) is 11.6 Å². The fourth-order valence-electron chi connectivity index (χ4n) is 3.78. The van der Waals surface area contributed by atoms with Crippen molar-refractivity contribution >= 4 is 36.1 Å². The first kappa shape index (κ1) is 19.9. The highest BCUT2D eigenvalue weighted by atomic mass is 35.5. The molecule has 0 radical (unpaired) electrons. The van der Waals surface area contributed by atoms with Gasteiger partial charge in [0.05, 0.1) is 12.0 Å². The van der Waals surface area contributed by atoms with Gasteiger partial charge in [-0.3, -0.25) is 9.59 Å². The third-order valence-corrected chi connectivity index (χ3v) is 6.14. The Morgan fingerprint density at radius 1 is 1.24 bits per heavy atom. The fourth-order valence-corrected chi connectivity index (χ4v) is 4.98. The summed E-state index contributed by atoms with van der Waals surface area (Å²) in [5.74, 6) is -7.90. The molecule has 0 heterocycles. The summed E-state index contributed by atoms with van der Waals surface area (Å²) >= 11 is 1.04. The molecule has 10 heteroatoms. The molecule has 0 saturated heterocycles. The molecule has 0 aliphatic heterocycles. The average molecular weight is 396 g/mol. The Hall–Kier alpha value is -1.42. The van der Waals surface area contributed by atoms with Gasteiger partial charge in [-0.15, -0.1) is 24.2 Å². The minimum absolute atomic E-state index is 0. The highest BCUT2D eigenvalue weighted by Gasteiger charge is 2.77. The molecule has 2 fully saturated rings. The van der Waals surface area contributed by atoms with Crippen molar-refractivity contribution in [3.8, 4) is 0 Å². The number of hydrogen-bond donors (Lipinski definition) is 4. The quantitative estimate of drug-likeness (QED) is 0.553. The first-order valence-corrected chi connectivity index (χ1v) is 8.19. The van der Waals surface area contributed by atoms with Gasteiger partial charge in [0.2, 0.25) is 0 Å². The van der Waals surface area contributed by atoms with E-state index in [2.05, 4.69) is 0 Å². The van der Waals surface area contributed by atoms with Crippen LogP contribution < -0.4 is 5.73 Å². The van der Waals surface area contributed by atoms with Crippen LogP contribution in [0.1, 0.15) is 0 Å². The van der Waals surface area contributed by atoms with Crippen molar-refractivity contribution in [2.75, 3.05) is 5.75 Å². The number of nitrogens with two attached hydrogens (primary N) is 1. The van der Waals surface area contributed by atoms with E-state index in [1.54, 1.807) is 0 Å². The number of aliphatic hydroxyl groups is 1. The Morgan fingerprint density at radius 2 is 1.88 bits per heavy atom. The molecule has 138 valence electrons. The van der Waals surface area contributed by atoms with Crippen LogP contribution in [0.5, 0.6) is 0 Å². The highest BCUT2D eigenvalue weighted by Crippen LogP contribution is 2.64. The van der Waals surface area contributed by atoms with Gasteiger partial charge < -0.3 is 21.1 Å². The fraction of sp³-hybridized carbons (Fsp3) is 0.467. The second kappa shape index (κ2) is 6.71. The monoisotopic (exact) mass is 395 g/mol. The van der Waals surface area contributed by atoms with Crippen molar-refractivity contribution in [3.05, 3.63) is 29.8 Å². The molecular formula is C15H16ClF2NO5S. The largest absolute Gasteiger partial charge is 0.481 e. The van der Waals surface area contributed by atoms with E-state index in [0.29, 0.717) is 4.90 Å². The summed E-state index contributed by atoms with van der Waals surface area (Å²) in [5, 5.41) is 28.9. The number of hydrogen-bond acceptors (Lipinski definition) is 5. The van der Waals surface area contributed by atoms with Crippen molar-refractivity contribution < 1.29 is 33.7 Å². The average Bonchev–Trinajstić information content (AvgIpc) is 3.21. The number of carbonyl (C=O) groups is 2. The molecule has 2 aliphatic rings. The summed E-state index contributed by atoms with van der Waals surface area (Å²) in [4.78, 5) is 23.2. The Kier molecular flexibility index (Phi) is 5.34. The highest BCUT2D eigenvalue weighted by molar-refractivity contribution is 7.99. The molecule has 1 aromatic carbocycles. The van der Waals surface area contributed by atoms with Gasteiger partial charge in [-0.05, 0) is 18.2 Å². The van der Waals surface area contributed by atoms with Crippen molar-refractivity contribution in [1.29, 1.82) is 0 Å². The Balaban J connectivity index is 0.00000225. The van der Waals surface area contributed by atoms with E-state index in [-0.39, 0.29) is 18.2 Å². The topological polar surface area (TPSA) is 121 Å². The Morgan fingerprint density at radius 3 is 2.40 bits per heavy atom. The predicted octanol–water partition coefficient (Wildman–Crippen LogP) is 1.20. The number of benzene rings is 1. The van der Waals surface area contributed by atoms with Gasteiger partial charge in [-0.1, -0.05) is 0 Å². The lowest BCUT2D eigenvalue weighted by atomic mass is 9.81. The van der Waals surface area contributed by atoms with Crippen molar-refractivity contribution in [2.45, 2.75) is 16.5 Å². The Labute approximate surface area is 151 Å². The molecule has 5 N–H and O–H groups in total. The molecule has 6 atom stereocenters. The van der Waals surface area contributed by atoms with E-state index in [4.69, 9.17) is 10.8 Å². The molecule has 6 nitrogen and oxygen atoms in total. The van der Waals surface area contributed by atoms with Crippen molar-refractivity contribution in [3.63, 3.8) is 0 Å². The summed E-state index contributed by atoms with van der Waals surface area (Å²) in [6, 6.07) is 3.26. The van der Waals surface area contributed by atoms with Crippen LogP contribution in [0.4, 0.5) is 8.78 Å². The van der Waals surface area contributed by atoms with Gasteiger partial charge >= 0.3 is 11.9 Å². The van der Waals surface area contributed by atoms with Crippen LogP contribution in [-0.2, 0) is 9.59 Å². The molecular weight excluding hydrogens is 380 g/mol.